The SMILES string of the molecule is CC1=C(C)C(=O)N(c2nccnc2C(=O)O)C1=O. The first-order valence-electron chi connectivity index (χ1n) is 5.05. The molecular weight excluding hydrogens is 238 g/mol. The lowest BCUT2D eigenvalue weighted by Gasteiger charge is -2.14. The molecule has 2 heterocycles. The normalized spacial score (nSPS) is 15.6. The summed E-state index contributed by atoms with van der Waals surface area (Å²) in [5, 5.41) is 8.96. The fraction of sp³-hybridized carbons (Fsp3) is 0.182. The molecule has 7 nitrogen and oxygen atoms in total. The van der Waals surface area contributed by atoms with Gasteiger partial charge < -0.3 is 5.11 Å². The molecule has 7 heteroatoms. The van der Waals surface area contributed by atoms with E-state index in [1.165, 1.54) is 26.2 Å². The van der Waals surface area contributed by atoms with E-state index in [1.54, 1.807) is 0 Å². The zero-order valence-electron chi connectivity index (χ0n) is 9.67. The third-order valence-electron chi connectivity index (χ3n) is 2.70. The highest BCUT2D eigenvalue weighted by molar-refractivity contribution is 6.32. The summed E-state index contributed by atoms with van der Waals surface area (Å²) in [7, 11) is 0. The van der Waals surface area contributed by atoms with E-state index in [-0.39, 0.29) is 17.0 Å². The summed E-state index contributed by atoms with van der Waals surface area (Å²) < 4.78 is 0. The van der Waals surface area contributed by atoms with Gasteiger partial charge >= 0.3 is 5.97 Å². The van der Waals surface area contributed by atoms with E-state index in [1.807, 2.05) is 0 Å². The van der Waals surface area contributed by atoms with Crippen molar-refractivity contribution >= 4 is 23.6 Å². The van der Waals surface area contributed by atoms with Crippen LogP contribution in [0.1, 0.15) is 24.3 Å². The molecule has 1 aromatic heterocycles. The van der Waals surface area contributed by atoms with Crippen LogP contribution >= 0.6 is 0 Å². The molecule has 2 amide bonds. The molecule has 0 bridgehead atoms. The highest BCUT2D eigenvalue weighted by Gasteiger charge is 2.37. The van der Waals surface area contributed by atoms with Gasteiger partial charge in [0.2, 0.25) is 0 Å². The summed E-state index contributed by atoms with van der Waals surface area (Å²) >= 11 is 0. The Labute approximate surface area is 102 Å². The molecule has 0 aromatic carbocycles. The van der Waals surface area contributed by atoms with E-state index in [4.69, 9.17) is 5.11 Å². The minimum Gasteiger partial charge on any atom is -0.476 e. The Balaban J connectivity index is 2.56. The van der Waals surface area contributed by atoms with E-state index < -0.39 is 23.5 Å². The van der Waals surface area contributed by atoms with Crippen LogP contribution in [-0.4, -0.2) is 32.9 Å². The smallest absolute Gasteiger partial charge is 0.358 e. The van der Waals surface area contributed by atoms with Gasteiger partial charge in [0, 0.05) is 23.5 Å². The van der Waals surface area contributed by atoms with Crippen molar-refractivity contribution in [3.8, 4) is 0 Å². The number of imide groups is 1. The highest BCUT2D eigenvalue weighted by Crippen LogP contribution is 2.26. The molecule has 0 fully saturated rings. The number of carboxylic acids is 1. The Morgan fingerprint density at radius 1 is 1.11 bits per heavy atom. The molecule has 0 unspecified atom stereocenters. The van der Waals surface area contributed by atoms with Crippen LogP contribution in [0.2, 0.25) is 0 Å². The third-order valence-corrected chi connectivity index (χ3v) is 2.70. The maximum absolute atomic E-state index is 11.9. The molecule has 0 spiro atoms. The van der Waals surface area contributed by atoms with Crippen LogP contribution in [0.15, 0.2) is 23.5 Å². The standard InChI is InChI=1S/C11H9N3O4/c1-5-6(2)10(16)14(9(5)15)8-7(11(17)18)12-3-4-13-8/h3-4H,1-2H3,(H,17,18). The average molecular weight is 247 g/mol. The van der Waals surface area contributed by atoms with E-state index in [0.717, 1.165) is 4.90 Å². The van der Waals surface area contributed by atoms with Crippen molar-refractivity contribution in [1.82, 2.24) is 9.97 Å². The molecular formula is C11H9N3O4. The van der Waals surface area contributed by atoms with E-state index >= 15 is 0 Å². The Morgan fingerprint density at radius 2 is 1.61 bits per heavy atom. The summed E-state index contributed by atoms with van der Waals surface area (Å²) in [4.78, 5) is 42.9. The summed E-state index contributed by atoms with van der Waals surface area (Å²) in [6.45, 7) is 3.01. The fourth-order valence-corrected chi connectivity index (χ4v) is 1.59. The third kappa shape index (κ3) is 1.56. The first-order valence-corrected chi connectivity index (χ1v) is 5.05. The number of amides is 2. The minimum absolute atomic E-state index is 0.254. The number of aromatic carboxylic acids is 1. The summed E-state index contributed by atoms with van der Waals surface area (Å²) in [5.41, 5.74) is 0.130. The number of carbonyl (C=O) groups excluding carboxylic acids is 2. The molecule has 1 aliphatic rings. The van der Waals surface area contributed by atoms with Gasteiger partial charge in [0.25, 0.3) is 11.8 Å². The van der Waals surface area contributed by atoms with Crippen molar-refractivity contribution in [2.45, 2.75) is 13.8 Å². The molecule has 18 heavy (non-hydrogen) atoms. The van der Waals surface area contributed by atoms with E-state index in [2.05, 4.69) is 9.97 Å². The first-order chi connectivity index (χ1) is 8.45. The predicted octanol–water partition coefficient (Wildman–Crippen LogP) is 0.384. The molecule has 0 saturated heterocycles. The van der Waals surface area contributed by atoms with Crippen LogP contribution in [0, 0.1) is 0 Å². The van der Waals surface area contributed by atoms with Crippen LogP contribution in [0.25, 0.3) is 0 Å². The van der Waals surface area contributed by atoms with Crippen LogP contribution in [0.5, 0.6) is 0 Å². The topological polar surface area (TPSA) is 100 Å². The summed E-state index contributed by atoms with van der Waals surface area (Å²) in [6, 6.07) is 0. The molecule has 1 aromatic rings. The zero-order valence-corrected chi connectivity index (χ0v) is 9.67. The second-order valence-electron chi connectivity index (χ2n) is 3.73. The largest absolute Gasteiger partial charge is 0.476 e. The van der Waals surface area contributed by atoms with Gasteiger partial charge in [-0.3, -0.25) is 9.59 Å². The summed E-state index contributed by atoms with van der Waals surface area (Å²) in [5.74, 6) is -2.74. The van der Waals surface area contributed by atoms with Gasteiger partial charge in [0.1, 0.15) is 0 Å². The maximum atomic E-state index is 11.9. The number of nitrogens with zero attached hydrogens (tertiary/aromatic N) is 3. The number of rotatable bonds is 2. The van der Waals surface area contributed by atoms with Crippen molar-refractivity contribution in [2.75, 3.05) is 4.90 Å². The van der Waals surface area contributed by atoms with Crippen molar-refractivity contribution in [1.29, 1.82) is 0 Å². The number of aromatic nitrogens is 2. The van der Waals surface area contributed by atoms with Gasteiger partial charge in [-0.2, -0.15) is 0 Å². The number of hydrogen-bond acceptors (Lipinski definition) is 5. The average Bonchev–Trinajstić information content (AvgIpc) is 2.54. The van der Waals surface area contributed by atoms with Crippen molar-refractivity contribution < 1.29 is 19.5 Å². The lowest BCUT2D eigenvalue weighted by atomic mass is 10.2. The van der Waals surface area contributed by atoms with Gasteiger partial charge in [-0.1, -0.05) is 0 Å². The van der Waals surface area contributed by atoms with Crippen LogP contribution in [0.4, 0.5) is 5.82 Å². The number of anilines is 1. The minimum atomic E-state index is -1.35. The zero-order chi connectivity index (χ0) is 13.4. The second kappa shape index (κ2) is 4.02. The fourth-order valence-electron chi connectivity index (χ4n) is 1.59. The van der Waals surface area contributed by atoms with Crippen LogP contribution in [0.3, 0.4) is 0 Å². The highest BCUT2D eigenvalue weighted by atomic mass is 16.4. The lowest BCUT2D eigenvalue weighted by molar-refractivity contribution is -0.120. The lowest BCUT2D eigenvalue weighted by Crippen LogP contribution is -2.33. The molecule has 0 saturated carbocycles. The number of hydrogen-bond donors (Lipinski definition) is 1. The van der Waals surface area contributed by atoms with Crippen molar-refractivity contribution in [2.24, 2.45) is 0 Å². The number of carboxylic acid groups (broad SMARTS) is 1. The van der Waals surface area contributed by atoms with Gasteiger partial charge in [0.05, 0.1) is 0 Å². The molecule has 0 aliphatic carbocycles. The van der Waals surface area contributed by atoms with E-state index in [0.29, 0.717) is 0 Å². The Kier molecular flexibility index (Phi) is 2.66. The molecule has 0 radical (unpaired) electrons. The van der Waals surface area contributed by atoms with Gasteiger partial charge in [-0.05, 0) is 13.8 Å². The van der Waals surface area contributed by atoms with Gasteiger partial charge in [-0.25, -0.2) is 19.7 Å². The van der Waals surface area contributed by atoms with Gasteiger partial charge in [0.15, 0.2) is 11.5 Å². The quantitative estimate of drug-likeness (QED) is 0.758. The number of carbonyl (C=O) groups is 3. The molecule has 2 rings (SSSR count). The van der Waals surface area contributed by atoms with E-state index in [9.17, 15) is 14.4 Å². The van der Waals surface area contributed by atoms with Crippen molar-refractivity contribution in [3.05, 3.63) is 29.2 Å². The second-order valence-corrected chi connectivity index (χ2v) is 3.73. The van der Waals surface area contributed by atoms with Crippen LogP contribution < -0.4 is 4.90 Å². The Morgan fingerprint density at radius 3 is 2.11 bits per heavy atom. The molecule has 1 N–H and O–H groups in total. The molecule has 92 valence electrons. The predicted molar refractivity (Wildman–Crippen MR) is 59.9 cm³/mol. The monoisotopic (exact) mass is 247 g/mol. The Hall–Kier alpha value is -2.57. The van der Waals surface area contributed by atoms with Crippen LogP contribution in [-0.2, 0) is 9.59 Å². The molecule has 1 aliphatic heterocycles. The maximum Gasteiger partial charge on any atom is 0.358 e. The first kappa shape index (κ1) is 11.9. The molecule has 0 atom stereocenters. The Bertz CT molecular complexity index is 582. The van der Waals surface area contributed by atoms with Gasteiger partial charge in [-0.15, -0.1) is 0 Å². The van der Waals surface area contributed by atoms with Crippen molar-refractivity contribution in [3.63, 3.8) is 0 Å². The summed E-state index contributed by atoms with van der Waals surface area (Å²) in [6.07, 6.45) is 2.41.